The molecule has 7 heteroatoms. The van der Waals surface area contributed by atoms with E-state index in [0.29, 0.717) is 12.4 Å². The second-order valence-electron chi connectivity index (χ2n) is 5.14. The third kappa shape index (κ3) is 6.18. The van der Waals surface area contributed by atoms with Gasteiger partial charge in [0, 0.05) is 11.3 Å². The molecule has 0 amide bonds. The van der Waals surface area contributed by atoms with Crippen molar-refractivity contribution in [2.24, 2.45) is 4.99 Å². The van der Waals surface area contributed by atoms with Crippen LogP contribution in [0.4, 0.5) is 5.69 Å². The number of anilines is 1. The fourth-order valence-electron chi connectivity index (χ4n) is 2.07. The van der Waals surface area contributed by atoms with E-state index in [1.165, 1.54) is 0 Å². The number of rotatable bonds is 6. The Morgan fingerprint density at radius 2 is 1.81 bits per heavy atom. The molecule has 0 aliphatic heterocycles. The highest BCUT2D eigenvalue weighted by atomic mass is 32.1. The molecule has 2 N–H and O–H groups in total. The summed E-state index contributed by atoms with van der Waals surface area (Å²) < 4.78 is 10.1. The number of carbonyl (C=O) groups is 1. The van der Waals surface area contributed by atoms with Crippen molar-refractivity contribution in [2.75, 3.05) is 25.6 Å². The molecular weight excluding hydrogens is 350 g/mol. The van der Waals surface area contributed by atoms with Crippen LogP contribution in [0.15, 0.2) is 59.6 Å². The van der Waals surface area contributed by atoms with Crippen LogP contribution < -0.4 is 15.4 Å². The molecule has 0 heterocycles. The zero-order valence-electron chi connectivity index (χ0n) is 14.7. The quantitative estimate of drug-likeness (QED) is 0.352. The third-order valence-electron chi connectivity index (χ3n) is 3.30. The first-order valence-electron chi connectivity index (χ1n) is 8.11. The predicted octanol–water partition coefficient (Wildman–Crippen LogP) is 2.99. The van der Waals surface area contributed by atoms with Gasteiger partial charge in [-0.25, -0.2) is 4.99 Å². The van der Waals surface area contributed by atoms with E-state index >= 15 is 0 Å². The number of aliphatic imine (C=N–C) groups is 1. The maximum atomic E-state index is 11.4. The van der Waals surface area contributed by atoms with Crippen LogP contribution in [-0.4, -0.2) is 37.2 Å². The number of hydrogen-bond donors (Lipinski definition) is 2. The van der Waals surface area contributed by atoms with Crippen LogP contribution in [0.5, 0.6) is 5.75 Å². The number of ether oxygens (including phenoxy) is 2. The van der Waals surface area contributed by atoms with Crippen LogP contribution in [0.1, 0.15) is 12.5 Å². The monoisotopic (exact) mass is 371 g/mol. The zero-order valence-corrected chi connectivity index (χ0v) is 15.5. The molecule has 0 bridgehead atoms. The minimum absolute atomic E-state index is 0.0304. The van der Waals surface area contributed by atoms with E-state index < -0.39 is 0 Å². The van der Waals surface area contributed by atoms with Crippen molar-refractivity contribution in [1.82, 2.24) is 5.32 Å². The van der Waals surface area contributed by atoms with Crippen LogP contribution in [0.3, 0.4) is 0 Å². The molecule has 0 radical (unpaired) electrons. The zero-order chi connectivity index (χ0) is 18.8. The van der Waals surface area contributed by atoms with Gasteiger partial charge in [0.25, 0.3) is 0 Å². The van der Waals surface area contributed by atoms with Crippen molar-refractivity contribution < 1.29 is 14.3 Å². The minimum Gasteiger partial charge on any atom is -0.497 e. The molecule has 0 aliphatic carbocycles. The van der Waals surface area contributed by atoms with Crippen molar-refractivity contribution in [3.05, 3.63) is 60.2 Å². The average Bonchev–Trinajstić information content (AvgIpc) is 2.67. The maximum absolute atomic E-state index is 11.4. The SMILES string of the molecule is CCOC(=O)CNC(=S)/N=C(\Nc1ccccc1)c1ccc(OC)cc1. The molecule has 0 aromatic heterocycles. The Bertz CT molecular complexity index is 761. The molecule has 0 saturated heterocycles. The first kappa shape index (κ1) is 19.4. The van der Waals surface area contributed by atoms with E-state index in [9.17, 15) is 4.79 Å². The van der Waals surface area contributed by atoms with Gasteiger partial charge in [-0.15, -0.1) is 0 Å². The number of methoxy groups -OCH3 is 1. The van der Waals surface area contributed by atoms with Gasteiger partial charge < -0.3 is 20.1 Å². The molecule has 0 unspecified atom stereocenters. The summed E-state index contributed by atoms with van der Waals surface area (Å²) in [4.78, 5) is 15.8. The Kier molecular flexibility index (Phi) is 7.57. The van der Waals surface area contributed by atoms with Crippen molar-refractivity contribution >= 4 is 34.8 Å². The lowest BCUT2D eigenvalue weighted by molar-refractivity contribution is -0.141. The Morgan fingerprint density at radius 1 is 1.12 bits per heavy atom. The second-order valence-corrected chi connectivity index (χ2v) is 5.53. The molecular formula is C19H21N3O3S. The van der Waals surface area contributed by atoms with Crippen LogP contribution in [0, 0.1) is 0 Å². The second kappa shape index (κ2) is 10.1. The number of amidine groups is 1. The Morgan fingerprint density at radius 3 is 2.42 bits per heavy atom. The van der Waals surface area contributed by atoms with Crippen LogP contribution in [-0.2, 0) is 9.53 Å². The first-order chi connectivity index (χ1) is 12.6. The molecule has 0 atom stereocenters. The van der Waals surface area contributed by atoms with E-state index in [0.717, 1.165) is 17.0 Å². The average molecular weight is 371 g/mol. The smallest absolute Gasteiger partial charge is 0.325 e. The lowest BCUT2D eigenvalue weighted by Gasteiger charge is -2.12. The fourth-order valence-corrected chi connectivity index (χ4v) is 2.24. The standard InChI is InChI=1S/C19H21N3O3S/c1-3-25-17(23)13-20-19(26)22-18(21-15-7-5-4-6-8-15)14-9-11-16(24-2)12-10-14/h4-12H,3,13H2,1-2H3,(H2,20,21,22,26). The molecule has 0 fully saturated rings. The number of benzene rings is 2. The molecule has 0 spiro atoms. The molecule has 26 heavy (non-hydrogen) atoms. The summed E-state index contributed by atoms with van der Waals surface area (Å²) in [7, 11) is 1.61. The number of thiocarbonyl (C=S) groups is 1. The normalized spacial score (nSPS) is 10.8. The van der Waals surface area contributed by atoms with Crippen molar-refractivity contribution in [2.45, 2.75) is 6.92 Å². The molecule has 2 rings (SSSR count). The van der Waals surface area contributed by atoms with E-state index in [-0.39, 0.29) is 17.6 Å². The Balaban J connectivity index is 2.18. The van der Waals surface area contributed by atoms with Gasteiger partial charge in [0.15, 0.2) is 5.11 Å². The topological polar surface area (TPSA) is 72.0 Å². The summed E-state index contributed by atoms with van der Waals surface area (Å²) >= 11 is 5.23. The van der Waals surface area contributed by atoms with Gasteiger partial charge >= 0.3 is 5.97 Å². The van der Waals surface area contributed by atoms with Crippen molar-refractivity contribution in [1.29, 1.82) is 0 Å². The predicted molar refractivity (Wildman–Crippen MR) is 107 cm³/mol. The van der Waals surface area contributed by atoms with E-state index in [4.69, 9.17) is 21.7 Å². The number of hydrogen-bond acceptors (Lipinski definition) is 4. The molecule has 0 saturated carbocycles. The van der Waals surface area contributed by atoms with Crippen molar-refractivity contribution in [3.8, 4) is 5.75 Å². The van der Waals surface area contributed by atoms with Crippen LogP contribution in [0.25, 0.3) is 0 Å². The number of nitrogens with zero attached hydrogens (tertiary/aromatic N) is 1. The number of para-hydroxylation sites is 1. The number of nitrogens with one attached hydrogen (secondary N) is 2. The largest absolute Gasteiger partial charge is 0.497 e. The lowest BCUT2D eigenvalue weighted by Crippen LogP contribution is -2.30. The summed E-state index contributed by atoms with van der Waals surface area (Å²) in [5.41, 5.74) is 1.70. The van der Waals surface area contributed by atoms with Gasteiger partial charge in [-0.3, -0.25) is 4.79 Å². The molecule has 0 aliphatic rings. The molecule has 2 aromatic rings. The minimum atomic E-state index is -0.382. The van der Waals surface area contributed by atoms with Crippen LogP contribution in [0.2, 0.25) is 0 Å². The summed E-state index contributed by atoms with van der Waals surface area (Å²) in [5, 5.41) is 6.21. The first-order valence-corrected chi connectivity index (χ1v) is 8.52. The van der Waals surface area contributed by atoms with Crippen molar-refractivity contribution in [3.63, 3.8) is 0 Å². The molecule has 136 valence electrons. The summed E-state index contributed by atoms with van der Waals surface area (Å²) in [6.07, 6.45) is 0. The summed E-state index contributed by atoms with van der Waals surface area (Å²) in [6, 6.07) is 17.1. The number of carbonyl (C=O) groups excluding carboxylic acids is 1. The van der Waals surface area contributed by atoms with Gasteiger partial charge in [0.1, 0.15) is 18.1 Å². The van der Waals surface area contributed by atoms with Gasteiger partial charge in [0.2, 0.25) is 0 Å². The van der Waals surface area contributed by atoms with Gasteiger partial charge in [0.05, 0.1) is 13.7 Å². The van der Waals surface area contributed by atoms with Gasteiger partial charge in [-0.2, -0.15) is 0 Å². The third-order valence-corrected chi connectivity index (χ3v) is 3.54. The number of esters is 1. The van der Waals surface area contributed by atoms with Crippen LogP contribution >= 0.6 is 12.2 Å². The van der Waals surface area contributed by atoms with Gasteiger partial charge in [-0.1, -0.05) is 18.2 Å². The van der Waals surface area contributed by atoms with E-state index in [1.807, 2.05) is 54.6 Å². The van der Waals surface area contributed by atoms with Gasteiger partial charge in [-0.05, 0) is 55.5 Å². The summed E-state index contributed by atoms with van der Waals surface area (Å²) in [5.74, 6) is 0.920. The fraction of sp³-hybridized carbons (Fsp3) is 0.211. The van der Waals surface area contributed by atoms with E-state index in [2.05, 4.69) is 15.6 Å². The van der Waals surface area contributed by atoms with E-state index in [1.54, 1.807) is 14.0 Å². The Hall–Kier alpha value is -2.93. The Labute approximate surface area is 158 Å². The highest BCUT2D eigenvalue weighted by Crippen LogP contribution is 2.14. The summed E-state index contributed by atoms with van der Waals surface area (Å²) in [6.45, 7) is 2.04. The lowest BCUT2D eigenvalue weighted by atomic mass is 10.2. The highest BCUT2D eigenvalue weighted by molar-refractivity contribution is 7.80. The highest BCUT2D eigenvalue weighted by Gasteiger charge is 2.08. The molecule has 6 nitrogen and oxygen atoms in total. The molecule has 2 aromatic carbocycles. The maximum Gasteiger partial charge on any atom is 0.325 e.